The number of hydrogen-bond acceptors (Lipinski definition) is 3. The van der Waals surface area contributed by atoms with E-state index in [4.69, 9.17) is 4.74 Å². The highest BCUT2D eigenvalue weighted by molar-refractivity contribution is 5.75. The minimum absolute atomic E-state index is 0.172. The standard InChI is InChI=1S/C9H18O3/c1-6(2)12-8(11)7(10)9(3,4)5/h6-7,10H,1-5H3. The van der Waals surface area contributed by atoms with E-state index in [0.29, 0.717) is 0 Å². The van der Waals surface area contributed by atoms with Crippen molar-refractivity contribution in [3.8, 4) is 0 Å². The molecular formula is C9H18O3. The summed E-state index contributed by atoms with van der Waals surface area (Å²) in [6.07, 6.45) is -1.21. The molecule has 0 aliphatic rings. The molecule has 0 bridgehead atoms. The van der Waals surface area contributed by atoms with Crippen LogP contribution < -0.4 is 0 Å². The molecule has 1 unspecified atom stereocenters. The summed E-state index contributed by atoms with van der Waals surface area (Å²) in [5.41, 5.74) is -0.452. The highest BCUT2D eigenvalue weighted by Crippen LogP contribution is 2.20. The van der Waals surface area contributed by atoms with Crippen LogP contribution in [-0.2, 0) is 9.53 Å². The van der Waals surface area contributed by atoms with Crippen molar-refractivity contribution in [2.45, 2.75) is 46.8 Å². The Labute approximate surface area is 73.7 Å². The van der Waals surface area contributed by atoms with Gasteiger partial charge in [-0.3, -0.25) is 0 Å². The molecule has 0 fully saturated rings. The second-order valence-electron chi connectivity index (χ2n) is 4.25. The Morgan fingerprint density at radius 2 is 1.75 bits per heavy atom. The molecule has 0 amide bonds. The molecule has 0 rings (SSSR count). The second-order valence-corrected chi connectivity index (χ2v) is 4.25. The lowest BCUT2D eigenvalue weighted by atomic mass is 9.89. The summed E-state index contributed by atoms with van der Waals surface area (Å²) in [5.74, 6) is -0.544. The summed E-state index contributed by atoms with van der Waals surface area (Å²) < 4.78 is 4.85. The van der Waals surface area contributed by atoms with E-state index in [1.54, 1.807) is 34.6 Å². The predicted octanol–water partition coefficient (Wildman–Crippen LogP) is 1.34. The van der Waals surface area contributed by atoms with Crippen LogP contribution in [0.25, 0.3) is 0 Å². The van der Waals surface area contributed by atoms with E-state index in [0.717, 1.165) is 0 Å². The van der Waals surface area contributed by atoms with Gasteiger partial charge in [0.05, 0.1) is 6.10 Å². The van der Waals surface area contributed by atoms with Gasteiger partial charge >= 0.3 is 5.97 Å². The van der Waals surface area contributed by atoms with E-state index in [9.17, 15) is 9.90 Å². The van der Waals surface area contributed by atoms with Crippen LogP contribution in [0, 0.1) is 5.41 Å². The van der Waals surface area contributed by atoms with Crippen molar-refractivity contribution in [2.75, 3.05) is 0 Å². The van der Waals surface area contributed by atoms with Crippen molar-refractivity contribution >= 4 is 5.97 Å². The van der Waals surface area contributed by atoms with E-state index < -0.39 is 17.5 Å². The first kappa shape index (κ1) is 11.4. The van der Waals surface area contributed by atoms with E-state index in [-0.39, 0.29) is 6.10 Å². The molecule has 0 aromatic heterocycles. The van der Waals surface area contributed by atoms with E-state index in [1.165, 1.54) is 0 Å². The molecule has 0 radical (unpaired) electrons. The number of esters is 1. The number of rotatable bonds is 2. The maximum atomic E-state index is 11.1. The van der Waals surface area contributed by atoms with Crippen LogP contribution in [0.2, 0.25) is 0 Å². The zero-order chi connectivity index (χ0) is 9.94. The Morgan fingerprint density at radius 3 is 2.00 bits per heavy atom. The van der Waals surface area contributed by atoms with Gasteiger partial charge in [0.15, 0.2) is 6.10 Å². The maximum absolute atomic E-state index is 11.1. The van der Waals surface area contributed by atoms with Crippen LogP contribution in [0.3, 0.4) is 0 Å². The van der Waals surface area contributed by atoms with Gasteiger partial charge in [-0.25, -0.2) is 4.79 Å². The van der Waals surface area contributed by atoms with Gasteiger partial charge in [-0.2, -0.15) is 0 Å². The van der Waals surface area contributed by atoms with Gasteiger partial charge in [0.2, 0.25) is 0 Å². The average molecular weight is 174 g/mol. The topological polar surface area (TPSA) is 46.5 Å². The number of carbonyl (C=O) groups is 1. The first-order valence-electron chi connectivity index (χ1n) is 4.13. The molecule has 0 saturated carbocycles. The summed E-state index contributed by atoms with van der Waals surface area (Å²) in [5, 5.41) is 9.43. The van der Waals surface area contributed by atoms with Gasteiger partial charge in [0.1, 0.15) is 0 Å². The number of carbonyl (C=O) groups excluding carboxylic acids is 1. The molecule has 0 saturated heterocycles. The SMILES string of the molecule is CC(C)OC(=O)C(O)C(C)(C)C. The third-order valence-corrected chi connectivity index (χ3v) is 1.40. The molecule has 0 aromatic carbocycles. The predicted molar refractivity (Wildman–Crippen MR) is 46.7 cm³/mol. The molecule has 0 spiro atoms. The summed E-state index contributed by atoms with van der Waals surface area (Å²) in [7, 11) is 0. The van der Waals surface area contributed by atoms with Crippen molar-refractivity contribution in [1.29, 1.82) is 0 Å². The van der Waals surface area contributed by atoms with Crippen LogP contribution in [0.15, 0.2) is 0 Å². The largest absolute Gasteiger partial charge is 0.461 e. The summed E-state index contributed by atoms with van der Waals surface area (Å²) in [6.45, 7) is 8.89. The lowest BCUT2D eigenvalue weighted by Gasteiger charge is -2.24. The van der Waals surface area contributed by atoms with Gasteiger partial charge in [-0.05, 0) is 19.3 Å². The summed E-state index contributed by atoms with van der Waals surface area (Å²) in [6, 6.07) is 0. The summed E-state index contributed by atoms with van der Waals surface area (Å²) >= 11 is 0. The van der Waals surface area contributed by atoms with Gasteiger partial charge in [-0.1, -0.05) is 20.8 Å². The Bertz CT molecular complexity index is 156. The third-order valence-electron chi connectivity index (χ3n) is 1.40. The van der Waals surface area contributed by atoms with Crippen LogP contribution in [0.4, 0.5) is 0 Å². The van der Waals surface area contributed by atoms with Gasteiger partial charge < -0.3 is 9.84 Å². The van der Waals surface area contributed by atoms with E-state index in [2.05, 4.69) is 0 Å². The number of hydrogen-bond donors (Lipinski definition) is 1. The second kappa shape index (κ2) is 3.90. The average Bonchev–Trinajstić information content (AvgIpc) is 1.82. The quantitative estimate of drug-likeness (QED) is 0.643. The van der Waals surface area contributed by atoms with Crippen molar-refractivity contribution in [2.24, 2.45) is 5.41 Å². The molecular weight excluding hydrogens is 156 g/mol. The highest BCUT2D eigenvalue weighted by Gasteiger charge is 2.30. The number of aliphatic hydroxyl groups excluding tert-OH is 1. The van der Waals surface area contributed by atoms with Gasteiger partial charge in [0, 0.05) is 0 Å². The fourth-order valence-corrected chi connectivity index (χ4v) is 0.650. The Kier molecular flexibility index (Phi) is 3.71. The van der Waals surface area contributed by atoms with Gasteiger partial charge in [0.25, 0.3) is 0 Å². The van der Waals surface area contributed by atoms with E-state index >= 15 is 0 Å². The smallest absolute Gasteiger partial charge is 0.335 e. The monoisotopic (exact) mass is 174 g/mol. The minimum atomic E-state index is -1.04. The molecule has 72 valence electrons. The molecule has 3 nitrogen and oxygen atoms in total. The van der Waals surface area contributed by atoms with Crippen molar-refractivity contribution in [3.05, 3.63) is 0 Å². The fourth-order valence-electron chi connectivity index (χ4n) is 0.650. The normalized spacial score (nSPS) is 14.6. The molecule has 12 heavy (non-hydrogen) atoms. The molecule has 0 aromatic rings. The minimum Gasteiger partial charge on any atom is -0.461 e. The Balaban J connectivity index is 4.12. The van der Waals surface area contributed by atoms with Gasteiger partial charge in [-0.15, -0.1) is 0 Å². The number of ether oxygens (including phenoxy) is 1. The zero-order valence-electron chi connectivity index (χ0n) is 8.42. The molecule has 1 atom stereocenters. The van der Waals surface area contributed by atoms with Crippen LogP contribution in [0.1, 0.15) is 34.6 Å². The van der Waals surface area contributed by atoms with E-state index in [1.807, 2.05) is 0 Å². The Morgan fingerprint density at radius 1 is 1.33 bits per heavy atom. The van der Waals surface area contributed by atoms with Crippen molar-refractivity contribution in [1.82, 2.24) is 0 Å². The lowest BCUT2D eigenvalue weighted by Crippen LogP contribution is -2.36. The van der Waals surface area contributed by atoms with Crippen LogP contribution in [0.5, 0.6) is 0 Å². The summed E-state index contributed by atoms with van der Waals surface area (Å²) in [4.78, 5) is 11.1. The highest BCUT2D eigenvalue weighted by atomic mass is 16.6. The van der Waals surface area contributed by atoms with Crippen molar-refractivity contribution < 1.29 is 14.6 Å². The fraction of sp³-hybridized carbons (Fsp3) is 0.889. The van der Waals surface area contributed by atoms with Crippen molar-refractivity contribution in [3.63, 3.8) is 0 Å². The molecule has 0 aliphatic heterocycles. The molecule has 0 heterocycles. The zero-order valence-corrected chi connectivity index (χ0v) is 8.42. The third kappa shape index (κ3) is 3.72. The lowest BCUT2D eigenvalue weighted by molar-refractivity contribution is -0.163. The molecule has 3 heteroatoms. The Hall–Kier alpha value is -0.570. The molecule has 0 aliphatic carbocycles. The first-order valence-corrected chi connectivity index (χ1v) is 4.13. The number of aliphatic hydroxyl groups is 1. The maximum Gasteiger partial charge on any atom is 0.335 e. The van der Waals surface area contributed by atoms with Crippen LogP contribution in [-0.4, -0.2) is 23.3 Å². The molecule has 1 N–H and O–H groups in total. The van der Waals surface area contributed by atoms with Crippen LogP contribution >= 0.6 is 0 Å². The first-order chi connectivity index (χ1) is 5.25.